The number of carbonyl (C=O) groups excluding carboxylic acids is 2. The molecule has 5 nitrogen and oxygen atoms in total. The topological polar surface area (TPSA) is 67.4 Å². The Morgan fingerprint density at radius 1 is 1.22 bits per heavy atom. The Balaban J connectivity index is 2.34. The zero-order valence-electron chi connectivity index (χ0n) is 10.4. The van der Waals surface area contributed by atoms with Crippen molar-refractivity contribution in [3.63, 3.8) is 0 Å². The first-order valence-corrected chi connectivity index (χ1v) is 5.85. The van der Waals surface area contributed by atoms with Crippen LogP contribution in [-0.4, -0.2) is 24.6 Å². The van der Waals surface area contributed by atoms with E-state index in [-0.39, 0.29) is 18.6 Å². The molecule has 1 aromatic rings. The average molecular weight is 248 g/mol. The summed E-state index contributed by atoms with van der Waals surface area (Å²) in [5.41, 5.74) is -0.406. The number of ether oxygens (including phenoxy) is 1. The number of hydrogen-bond acceptors (Lipinski definition) is 3. The minimum Gasteiger partial charge on any atom is -0.375 e. The number of hydrogen-bond donors (Lipinski definition) is 2. The molecular weight excluding hydrogens is 232 g/mol. The summed E-state index contributed by atoms with van der Waals surface area (Å²) in [5, 5.41) is 4.93. The highest BCUT2D eigenvalue weighted by Crippen LogP contribution is 2.25. The highest BCUT2D eigenvalue weighted by atomic mass is 16.5. The van der Waals surface area contributed by atoms with Crippen molar-refractivity contribution in [3.05, 3.63) is 35.9 Å². The van der Waals surface area contributed by atoms with Crippen molar-refractivity contribution >= 4 is 11.9 Å². The van der Waals surface area contributed by atoms with E-state index in [0.717, 1.165) is 0 Å². The molecule has 1 saturated heterocycles. The Kier molecular flexibility index (Phi) is 3.34. The summed E-state index contributed by atoms with van der Waals surface area (Å²) in [7, 11) is 0. The largest absolute Gasteiger partial charge is 0.375 e. The van der Waals surface area contributed by atoms with Crippen LogP contribution in [0.2, 0.25) is 0 Å². The summed E-state index contributed by atoms with van der Waals surface area (Å²) < 4.78 is 5.53. The number of nitrogens with one attached hydrogen (secondary N) is 2. The molecule has 2 rings (SSSR count). The van der Waals surface area contributed by atoms with Crippen LogP contribution < -0.4 is 10.6 Å². The second-order valence-corrected chi connectivity index (χ2v) is 4.54. The van der Waals surface area contributed by atoms with E-state index in [0.29, 0.717) is 5.56 Å². The number of amides is 3. The van der Waals surface area contributed by atoms with Crippen molar-refractivity contribution in [2.75, 3.05) is 6.61 Å². The van der Waals surface area contributed by atoms with Gasteiger partial charge in [-0.3, -0.25) is 10.1 Å². The molecule has 1 fully saturated rings. The van der Waals surface area contributed by atoms with Crippen LogP contribution in [0.3, 0.4) is 0 Å². The van der Waals surface area contributed by atoms with Crippen LogP contribution in [0.4, 0.5) is 4.79 Å². The summed E-state index contributed by atoms with van der Waals surface area (Å²) in [6.07, 6.45) is -0.0177. The maximum Gasteiger partial charge on any atom is 0.322 e. The van der Waals surface area contributed by atoms with E-state index in [2.05, 4.69) is 10.6 Å². The van der Waals surface area contributed by atoms with Crippen LogP contribution in [0.25, 0.3) is 0 Å². The Labute approximate surface area is 106 Å². The fourth-order valence-electron chi connectivity index (χ4n) is 1.89. The lowest BCUT2D eigenvalue weighted by molar-refractivity contribution is -0.127. The molecule has 3 amide bonds. The summed E-state index contributed by atoms with van der Waals surface area (Å²) in [6.45, 7) is 3.88. The molecular formula is C13H16N2O3. The molecule has 1 heterocycles. The second kappa shape index (κ2) is 4.78. The standard InChI is InChI=1S/C13H16N2O3/c1-9(2)18-8-13(10-6-4-3-5-7-10)11(16)14-12(17)15-13/h3-7,9H,8H2,1-2H3,(H2,14,15,16,17)/t13-/m0/s1. The molecule has 5 heteroatoms. The van der Waals surface area contributed by atoms with Crippen molar-refractivity contribution in [2.24, 2.45) is 0 Å². The Hall–Kier alpha value is -1.88. The number of urea groups is 1. The van der Waals surface area contributed by atoms with Crippen molar-refractivity contribution in [1.29, 1.82) is 0 Å². The highest BCUT2D eigenvalue weighted by molar-refractivity contribution is 6.07. The summed E-state index contributed by atoms with van der Waals surface area (Å²) in [4.78, 5) is 23.4. The zero-order chi connectivity index (χ0) is 13.2. The van der Waals surface area contributed by atoms with Crippen molar-refractivity contribution in [2.45, 2.75) is 25.5 Å². The van der Waals surface area contributed by atoms with Gasteiger partial charge in [0.15, 0.2) is 5.54 Å². The molecule has 1 atom stereocenters. The second-order valence-electron chi connectivity index (χ2n) is 4.54. The first-order valence-electron chi connectivity index (χ1n) is 5.85. The SMILES string of the molecule is CC(C)OC[C@@]1(c2ccccc2)NC(=O)NC1=O. The van der Waals surface area contributed by atoms with Crippen LogP contribution in [0.5, 0.6) is 0 Å². The molecule has 0 aliphatic carbocycles. The maximum atomic E-state index is 12.0. The Bertz CT molecular complexity index is 459. The van der Waals surface area contributed by atoms with E-state index >= 15 is 0 Å². The zero-order valence-corrected chi connectivity index (χ0v) is 10.4. The molecule has 2 N–H and O–H groups in total. The molecule has 0 saturated carbocycles. The molecule has 1 aromatic carbocycles. The fraction of sp³-hybridized carbons (Fsp3) is 0.385. The molecule has 0 radical (unpaired) electrons. The monoisotopic (exact) mass is 248 g/mol. The van der Waals surface area contributed by atoms with Gasteiger partial charge in [-0.2, -0.15) is 0 Å². The molecule has 0 aromatic heterocycles. The van der Waals surface area contributed by atoms with Gasteiger partial charge in [-0.15, -0.1) is 0 Å². The smallest absolute Gasteiger partial charge is 0.322 e. The Morgan fingerprint density at radius 2 is 1.89 bits per heavy atom. The minimum absolute atomic E-state index is 0.0177. The number of imide groups is 1. The van der Waals surface area contributed by atoms with E-state index in [1.54, 1.807) is 12.1 Å². The van der Waals surface area contributed by atoms with Gasteiger partial charge in [0.2, 0.25) is 0 Å². The number of rotatable bonds is 4. The first kappa shape index (κ1) is 12.6. The van der Waals surface area contributed by atoms with Crippen LogP contribution in [0.15, 0.2) is 30.3 Å². The van der Waals surface area contributed by atoms with Crippen LogP contribution in [-0.2, 0) is 15.1 Å². The third kappa shape index (κ3) is 2.22. The van der Waals surface area contributed by atoms with Gasteiger partial charge in [-0.05, 0) is 19.4 Å². The normalized spacial score (nSPS) is 23.1. The first-order chi connectivity index (χ1) is 8.54. The van der Waals surface area contributed by atoms with Gasteiger partial charge in [0, 0.05) is 0 Å². The van der Waals surface area contributed by atoms with Gasteiger partial charge in [0.25, 0.3) is 5.91 Å². The van der Waals surface area contributed by atoms with Crippen LogP contribution in [0.1, 0.15) is 19.4 Å². The van der Waals surface area contributed by atoms with Crippen molar-refractivity contribution < 1.29 is 14.3 Å². The molecule has 0 unspecified atom stereocenters. The molecule has 1 aliphatic rings. The van der Waals surface area contributed by atoms with Crippen LogP contribution in [0, 0.1) is 0 Å². The molecule has 1 aliphatic heterocycles. The average Bonchev–Trinajstić information content (AvgIpc) is 2.64. The third-order valence-corrected chi connectivity index (χ3v) is 2.84. The summed E-state index contributed by atoms with van der Waals surface area (Å²) in [5.74, 6) is -0.376. The fourth-order valence-corrected chi connectivity index (χ4v) is 1.89. The van der Waals surface area contributed by atoms with E-state index < -0.39 is 11.6 Å². The minimum atomic E-state index is -1.12. The highest BCUT2D eigenvalue weighted by Gasteiger charge is 2.48. The summed E-state index contributed by atoms with van der Waals surface area (Å²) in [6, 6.07) is 8.61. The third-order valence-electron chi connectivity index (χ3n) is 2.84. The van der Waals surface area contributed by atoms with E-state index in [4.69, 9.17) is 4.74 Å². The molecule has 18 heavy (non-hydrogen) atoms. The van der Waals surface area contributed by atoms with Crippen molar-refractivity contribution in [1.82, 2.24) is 10.6 Å². The Morgan fingerprint density at radius 3 is 2.39 bits per heavy atom. The molecule has 96 valence electrons. The van der Waals surface area contributed by atoms with Gasteiger partial charge in [-0.1, -0.05) is 30.3 Å². The number of carbonyl (C=O) groups is 2. The van der Waals surface area contributed by atoms with Crippen LogP contribution >= 0.6 is 0 Å². The van der Waals surface area contributed by atoms with Gasteiger partial charge >= 0.3 is 6.03 Å². The van der Waals surface area contributed by atoms with E-state index in [1.807, 2.05) is 32.0 Å². The lowest BCUT2D eigenvalue weighted by Crippen LogP contribution is -2.48. The molecule has 0 bridgehead atoms. The quantitative estimate of drug-likeness (QED) is 0.785. The van der Waals surface area contributed by atoms with Gasteiger partial charge in [-0.25, -0.2) is 4.79 Å². The lowest BCUT2D eigenvalue weighted by Gasteiger charge is -2.27. The summed E-state index contributed by atoms with van der Waals surface area (Å²) >= 11 is 0. The van der Waals surface area contributed by atoms with Gasteiger partial charge in [0.05, 0.1) is 12.7 Å². The van der Waals surface area contributed by atoms with Crippen molar-refractivity contribution in [3.8, 4) is 0 Å². The van der Waals surface area contributed by atoms with Gasteiger partial charge in [0.1, 0.15) is 0 Å². The van der Waals surface area contributed by atoms with E-state index in [9.17, 15) is 9.59 Å². The molecule has 0 spiro atoms. The predicted molar refractivity (Wildman–Crippen MR) is 65.9 cm³/mol. The van der Waals surface area contributed by atoms with E-state index in [1.165, 1.54) is 0 Å². The number of benzene rings is 1. The van der Waals surface area contributed by atoms with Gasteiger partial charge < -0.3 is 10.1 Å². The predicted octanol–water partition coefficient (Wildman–Crippen LogP) is 1.15. The lowest BCUT2D eigenvalue weighted by atomic mass is 9.91. The maximum absolute atomic E-state index is 12.0.